The molecule has 2 N–H and O–H groups in total. The van der Waals surface area contributed by atoms with Crippen molar-refractivity contribution in [1.82, 2.24) is 9.80 Å². The third-order valence-corrected chi connectivity index (χ3v) is 7.42. The van der Waals surface area contributed by atoms with E-state index in [4.69, 9.17) is 5.73 Å². The molecule has 0 radical (unpaired) electrons. The van der Waals surface area contributed by atoms with Gasteiger partial charge in [-0.1, -0.05) is 0 Å². The van der Waals surface area contributed by atoms with Crippen molar-refractivity contribution in [2.75, 3.05) is 37.3 Å². The minimum absolute atomic E-state index is 0.104. The van der Waals surface area contributed by atoms with Gasteiger partial charge in [-0.25, -0.2) is 26.4 Å². The van der Waals surface area contributed by atoms with Crippen LogP contribution in [0.5, 0.6) is 0 Å². The second-order valence-electron chi connectivity index (χ2n) is 8.87. The maximum Gasteiger partial charge on any atom is 0.324 e. The zero-order chi connectivity index (χ0) is 25.5. The first-order valence-electron chi connectivity index (χ1n) is 11.0. The average molecular weight is 511 g/mol. The fourth-order valence-electron chi connectivity index (χ4n) is 4.45. The van der Waals surface area contributed by atoms with Crippen LogP contribution < -0.4 is 10.6 Å². The molecule has 0 spiro atoms. The van der Waals surface area contributed by atoms with Crippen LogP contribution in [0.15, 0.2) is 41.3 Å². The van der Waals surface area contributed by atoms with Crippen LogP contribution in [0.3, 0.4) is 0 Å². The van der Waals surface area contributed by atoms with Gasteiger partial charge in [-0.05, 0) is 42.3 Å². The second-order valence-corrected chi connectivity index (χ2v) is 10.9. The van der Waals surface area contributed by atoms with E-state index >= 15 is 0 Å². The monoisotopic (exact) mass is 510 g/mol. The van der Waals surface area contributed by atoms with Crippen molar-refractivity contribution in [3.8, 4) is 0 Å². The number of nitrogens with zero attached hydrogens (tertiary/aromatic N) is 3. The van der Waals surface area contributed by atoms with Gasteiger partial charge in [-0.3, -0.25) is 9.69 Å². The Hall–Kier alpha value is -3.12. The van der Waals surface area contributed by atoms with Crippen molar-refractivity contribution >= 4 is 27.5 Å². The summed E-state index contributed by atoms with van der Waals surface area (Å²) >= 11 is 0. The standard InChI is InChI=1S/C23H25F3N4O4S/c1-35(33,34)18-4-2-16(3-5-18)30-13-17-12-28(6-7-29(17)23(30)32)22(31)10-15(27)8-14-9-20(25)21(26)11-19(14)24/h2-5,9,11,15,17H,6-8,10,12-13,27H2,1H3/t15-,17?/m1/s1. The van der Waals surface area contributed by atoms with Crippen LogP contribution in [-0.2, 0) is 21.1 Å². The molecule has 35 heavy (non-hydrogen) atoms. The molecule has 0 aromatic heterocycles. The highest BCUT2D eigenvalue weighted by Gasteiger charge is 2.42. The number of carbonyl (C=O) groups is 2. The lowest BCUT2D eigenvalue weighted by molar-refractivity contribution is -0.133. The average Bonchev–Trinajstić information content (AvgIpc) is 3.12. The summed E-state index contributed by atoms with van der Waals surface area (Å²) in [6, 6.07) is 5.97. The summed E-state index contributed by atoms with van der Waals surface area (Å²) in [5.41, 5.74) is 6.45. The molecule has 4 rings (SSSR count). The van der Waals surface area contributed by atoms with E-state index in [1.165, 1.54) is 12.1 Å². The maximum absolute atomic E-state index is 13.9. The van der Waals surface area contributed by atoms with Gasteiger partial charge in [0.1, 0.15) is 5.82 Å². The number of carbonyl (C=O) groups excluding carboxylic acids is 2. The first-order chi connectivity index (χ1) is 16.4. The number of sulfone groups is 1. The van der Waals surface area contributed by atoms with Gasteiger partial charge in [0.2, 0.25) is 5.91 Å². The van der Waals surface area contributed by atoms with E-state index in [1.807, 2.05) is 0 Å². The summed E-state index contributed by atoms with van der Waals surface area (Å²) in [7, 11) is -3.36. The van der Waals surface area contributed by atoms with Crippen LogP contribution in [0.25, 0.3) is 0 Å². The van der Waals surface area contributed by atoms with Gasteiger partial charge < -0.3 is 15.5 Å². The molecule has 1 unspecified atom stereocenters. The van der Waals surface area contributed by atoms with Gasteiger partial charge in [0.15, 0.2) is 21.5 Å². The normalized spacial score (nSPS) is 19.2. The number of hydrogen-bond donors (Lipinski definition) is 1. The summed E-state index contributed by atoms with van der Waals surface area (Å²) < 4.78 is 63.8. The highest BCUT2D eigenvalue weighted by Crippen LogP contribution is 2.27. The third-order valence-electron chi connectivity index (χ3n) is 6.29. The Kier molecular flexibility index (Phi) is 6.78. The predicted molar refractivity (Wildman–Crippen MR) is 122 cm³/mol. The smallest absolute Gasteiger partial charge is 0.324 e. The third kappa shape index (κ3) is 5.27. The highest BCUT2D eigenvalue weighted by molar-refractivity contribution is 7.90. The number of anilines is 1. The summed E-state index contributed by atoms with van der Waals surface area (Å²) in [5.74, 6) is -3.67. The molecule has 2 aliphatic rings. The predicted octanol–water partition coefficient (Wildman–Crippen LogP) is 1.92. The van der Waals surface area contributed by atoms with E-state index in [1.54, 1.807) is 26.8 Å². The van der Waals surface area contributed by atoms with Crippen LogP contribution >= 0.6 is 0 Å². The molecule has 2 aromatic carbocycles. The molecular weight excluding hydrogens is 485 g/mol. The van der Waals surface area contributed by atoms with Crippen LogP contribution in [0, 0.1) is 17.5 Å². The summed E-state index contributed by atoms with van der Waals surface area (Å²) in [5, 5.41) is 0. The molecule has 2 saturated heterocycles. The Labute approximate surface area is 201 Å². The van der Waals surface area contributed by atoms with Crippen LogP contribution in [0.4, 0.5) is 23.7 Å². The molecule has 3 amide bonds. The van der Waals surface area contributed by atoms with Gasteiger partial charge in [0, 0.05) is 56.7 Å². The van der Waals surface area contributed by atoms with E-state index in [9.17, 15) is 31.2 Å². The molecule has 2 heterocycles. The molecule has 188 valence electrons. The zero-order valence-corrected chi connectivity index (χ0v) is 19.8. The maximum atomic E-state index is 13.9. The van der Waals surface area contributed by atoms with E-state index in [-0.39, 0.29) is 47.8 Å². The molecular formula is C23H25F3N4O4S. The summed E-state index contributed by atoms with van der Waals surface area (Å²) in [4.78, 5) is 30.6. The quantitative estimate of drug-likeness (QED) is 0.598. The molecule has 0 saturated carbocycles. The van der Waals surface area contributed by atoms with Crippen LogP contribution in [0.1, 0.15) is 12.0 Å². The molecule has 2 fully saturated rings. The second kappa shape index (κ2) is 9.50. The van der Waals surface area contributed by atoms with E-state index in [2.05, 4.69) is 0 Å². The van der Waals surface area contributed by atoms with Crippen molar-refractivity contribution in [1.29, 1.82) is 0 Å². The summed E-state index contributed by atoms with van der Waals surface area (Å²) in [6.45, 7) is 1.23. The molecule has 2 aromatic rings. The minimum atomic E-state index is -3.36. The van der Waals surface area contributed by atoms with Gasteiger partial charge in [-0.15, -0.1) is 0 Å². The van der Waals surface area contributed by atoms with Gasteiger partial charge in [0.25, 0.3) is 0 Å². The fourth-order valence-corrected chi connectivity index (χ4v) is 5.08. The fraction of sp³-hybridized carbons (Fsp3) is 0.391. The van der Waals surface area contributed by atoms with Crippen molar-refractivity contribution < 1.29 is 31.2 Å². The Morgan fingerprint density at radius 2 is 1.71 bits per heavy atom. The number of amides is 3. The lowest BCUT2D eigenvalue weighted by Gasteiger charge is -2.36. The lowest BCUT2D eigenvalue weighted by atomic mass is 10.0. The Morgan fingerprint density at radius 1 is 1.06 bits per heavy atom. The SMILES string of the molecule is CS(=O)(=O)c1ccc(N2CC3CN(C(=O)C[C@H](N)Cc4cc(F)c(F)cc4F)CCN3C2=O)cc1. The van der Waals surface area contributed by atoms with Gasteiger partial charge in [-0.2, -0.15) is 0 Å². The summed E-state index contributed by atoms with van der Waals surface area (Å²) in [6.07, 6.45) is 0.860. The topological polar surface area (TPSA) is 104 Å². The van der Waals surface area contributed by atoms with Gasteiger partial charge >= 0.3 is 6.03 Å². The van der Waals surface area contributed by atoms with Crippen molar-refractivity contribution in [3.63, 3.8) is 0 Å². The van der Waals surface area contributed by atoms with Crippen molar-refractivity contribution in [3.05, 3.63) is 59.4 Å². The van der Waals surface area contributed by atoms with E-state index in [0.29, 0.717) is 31.4 Å². The molecule has 2 aliphatic heterocycles. The number of hydrogen-bond acceptors (Lipinski definition) is 5. The first kappa shape index (κ1) is 25.0. The van der Waals surface area contributed by atoms with Crippen molar-refractivity contribution in [2.45, 2.75) is 29.8 Å². The van der Waals surface area contributed by atoms with E-state index < -0.39 is 33.3 Å². The molecule has 8 nitrogen and oxygen atoms in total. The molecule has 12 heteroatoms. The van der Waals surface area contributed by atoms with Crippen LogP contribution in [-0.4, -0.2) is 74.7 Å². The number of piperazine rings is 1. The first-order valence-corrected chi connectivity index (χ1v) is 12.9. The molecule has 0 bridgehead atoms. The molecule has 0 aliphatic carbocycles. The number of urea groups is 1. The van der Waals surface area contributed by atoms with Gasteiger partial charge in [0.05, 0.1) is 10.9 Å². The number of rotatable bonds is 6. The Bertz CT molecular complexity index is 1260. The number of fused-ring (bicyclic) bond motifs is 1. The number of nitrogens with two attached hydrogens (primary N) is 1. The van der Waals surface area contributed by atoms with E-state index in [0.717, 1.165) is 12.3 Å². The largest absolute Gasteiger partial charge is 0.339 e. The Balaban J connectivity index is 1.37. The lowest BCUT2D eigenvalue weighted by Crippen LogP contribution is -2.54. The number of halogens is 3. The van der Waals surface area contributed by atoms with Crippen molar-refractivity contribution in [2.24, 2.45) is 5.73 Å². The highest BCUT2D eigenvalue weighted by atomic mass is 32.2. The molecule has 2 atom stereocenters. The zero-order valence-electron chi connectivity index (χ0n) is 19.0. The van der Waals surface area contributed by atoms with Crippen LogP contribution in [0.2, 0.25) is 0 Å². The Morgan fingerprint density at radius 3 is 2.37 bits per heavy atom. The number of benzene rings is 2. The minimum Gasteiger partial charge on any atom is -0.339 e.